The molecule has 2 aromatic carbocycles. The topological polar surface area (TPSA) is 191 Å². The lowest BCUT2D eigenvalue weighted by molar-refractivity contribution is -0.138. The minimum atomic E-state index is -0.808. The molecular formula is C29H26N6O8. The summed E-state index contributed by atoms with van der Waals surface area (Å²) < 4.78 is 0. The third-order valence-corrected chi connectivity index (χ3v) is 8.03. The van der Waals surface area contributed by atoms with Crippen LogP contribution in [0.1, 0.15) is 63.9 Å². The fraction of sp³-hybridized carbons (Fsp3) is 0.310. The summed E-state index contributed by atoms with van der Waals surface area (Å²) >= 11 is 0. The molecule has 0 aromatic heterocycles. The molecule has 0 spiro atoms. The van der Waals surface area contributed by atoms with Gasteiger partial charge >= 0.3 is 0 Å². The lowest BCUT2D eigenvalue weighted by Gasteiger charge is -2.29. The van der Waals surface area contributed by atoms with E-state index in [2.05, 4.69) is 21.3 Å². The fourth-order valence-corrected chi connectivity index (χ4v) is 5.94. The molecule has 8 amide bonds. The predicted octanol–water partition coefficient (Wildman–Crippen LogP) is 0.176. The van der Waals surface area contributed by atoms with Gasteiger partial charge in [0, 0.05) is 59.6 Å². The first-order valence-electron chi connectivity index (χ1n) is 13.7. The first-order valence-corrected chi connectivity index (χ1v) is 13.7. The standard InChI is InChI=1S/C29H26N6O8/c36-22-9-7-20(26(40)32-22)34-12-16-14(28(34)42)3-1-5-18(16)30-24(38)11-25(39)31-19-6-2-4-15-17(19)13-35(29(15)43)21-8-10-23(37)33-27(21)41/h1-6,20-21H,7-13H2,(H,30,38)(H,31,39)(H,32,36,40)(H,33,37,41). The van der Waals surface area contributed by atoms with Gasteiger partial charge in [0.15, 0.2) is 0 Å². The Bertz CT molecular complexity index is 1530. The number of imide groups is 2. The van der Waals surface area contributed by atoms with Gasteiger partial charge in [0.05, 0.1) is 0 Å². The third kappa shape index (κ3) is 5.11. The van der Waals surface area contributed by atoms with Crippen molar-refractivity contribution in [2.24, 2.45) is 0 Å². The van der Waals surface area contributed by atoms with Crippen molar-refractivity contribution in [3.8, 4) is 0 Å². The molecule has 2 saturated heterocycles. The molecule has 0 saturated carbocycles. The van der Waals surface area contributed by atoms with E-state index in [1.807, 2.05) is 0 Å². The first kappa shape index (κ1) is 27.8. The van der Waals surface area contributed by atoms with Crippen molar-refractivity contribution in [1.82, 2.24) is 20.4 Å². The van der Waals surface area contributed by atoms with Crippen LogP contribution in [-0.4, -0.2) is 69.1 Å². The van der Waals surface area contributed by atoms with Crippen molar-refractivity contribution < 1.29 is 38.4 Å². The molecule has 0 bridgehead atoms. The molecule has 2 unspecified atom stereocenters. The SMILES string of the molecule is O=C1CCC(N2Cc3c(NC(=O)CC(=O)Nc4cccc5c4CN(C4CCC(=O)NC4=O)C5=O)cccc3C2=O)C(=O)N1. The molecule has 4 N–H and O–H groups in total. The first-order chi connectivity index (χ1) is 20.6. The Morgan fingerprint density at radius 2 is 1.09 bits per heavy atom. The molecule has 43 heavy (non-hydrogen) atoms. The van der Waals surface area contributed by atoms with Crippen LogP contribution in [-0.2, 0) is 41.9 Å². The number of benzene rings is 2. The highest BCUT2D eigenvalue weighted by Crippen LogP contribution is 2.34. The maximum atomic E-state index is 13.0. The van der Waals surface area contributed by atoms with Gasteiger partial charge in [0.1, 0.15) is 18.5 Å². The van der Waals surface area contributed by atoms with Crippen LogP contribution in [0.15, 0.2) is 36.4 Å². The van der Waals surface area contributed by atoms with Gasteiger partial charge < -0.3 is 20.4 Å². The number of amides is 8. The van der Waals surface area contributed by atoms with Gasteiger partial charge in [-0.3, -0.25) is 49.0 Å². The number of carbonyl (C=O) groups is 8. The van der Waals surface area contributed by atoms with E-state index in [0.717, 1.165) is 0 Å². The van der Waals surface area contributed by atoms with Gasteiger partial charge in [0.2, 0.25) is 35.4 Å². The normalized spacial score (nSPS) is 21.3. The van der Waals surface area contributed by atoms with Gasteiger partial charge in [-0.15, -0.1) is 0 Å². The highest BCUT2D eigenvalue weighted by molar-refractivity contribution is 6.11. The van der Waals surface area contributed by atoms with Crippen molar-refractivity contribution in [2.45, 2.75) is 57.3 Å². The number of hydrogen-bond donors (Lipinski definition) is 4. The summed E-state index contributed by atoms with van der Waals surface area (Å²) in [6.45, 7) is 0.105. The highest BCUT2D eigenvalue weighted by atomic mass is 16.2. The lowest BCUT2D eigenvalue weighted by Crippen LogP contribution is -2.52. The highest BCUT2D eigenvalue weighted by Gasteiger charge is 2.41. The molecule has 4 aliphatic rings. The second-order valence-electron chi connectivity index (χ2n) is 10.7. The van der Waals surface area contributed by atoms with E-state index in [1.165, 1.54) is 9.80 Å². The quantitative estimate of drug-likeness (QED) is 0.272. The molecular weight excluding hydrogens is 560 g/mol. The third-order valence-electron chi connectivity index (χ3n) is 8.03. The Morgan fingerprint density at radius 1 is 0.674 bits per heavy atom. The molecule has 4 heterocycles. The summed E-state index contributed by atoms with van der Waals surface area (Å²) in [6.07, 6.45) is 0.0630. The van der Waals surface area contributed by atoms with E-state index in [4.69, 9.17) is 0 Å². The van der Waals surface area contributed by atoms with Gasteiger partial charge in [-0.1, -0.05) is 12.1 Å². The zero-order chi connectivity index (χ0) is 30.4. The maximum absolute atomic E-state index is 13.0. The zero-order valence-corrected chi connectivity index (χ0v) is 22.7. The smallest absolute Gasteiger partial charge is 0.255 e. The molecule has 6 rings (SSSR count). The number of anilines is 2. The fourth-order valence-electron chi connectivity index (χ4n) is 5.94. The van der Waals surface area contributed by atoms with Crippen LogP contribution in [0.2, 0.25) is 0 Å². The van der Waals surface area contributed by atoms with Crippen LogP contribution >= 0.6 is 0 Å². The summed E-state index contributed by atoms with van der Waals surface area (Å²) in [7, 11) is 0. The molecule has 2 atom stereocenters. The van der Waals surface area contributed by atoms with Gasteiger partial charge in [-0.05, 0) is 37.1 Å². The van der Waals surface area contributed by atoms with E-state index in [0.29, 0.717) is 33.6 Å². The van der Waals surface area contributed by atoms with Gasteiger partial charge in [0.25, 0.3) is 11.8 Å². The Kier molecular flexibility index (Phi) is 6.96. The van der Waals surface area contributed by atoms with Crippen LogP contribution in [0.4, 0.5) is 11.4 Å². The van der Waals surface area contributed by atoms with Crippen LogP contribution < -0.4 is 21.3 Å². The molecule has 14 heteroatoms. The molecule has 2 aromatic rings. The summed E-state index contributed by atoms with van der Waals surface area (Å²) in [5.74, 6) is -3.96. The van der Waals surface area contributed by atoms with Crippen molar-refractivity contribution in [3.05, 3.63) is 58.7 Å². The number of nitrogens with zero attached hydrogens (tertiary/aromatic N) is 2. The zero-order valence-electron chi connectivity index (χ0n) is 22.7. The maximum Gasteiger partial charge on any atom is 0.255 e. The number of rotatable bonds is 6. The van der Waals surface area contributed by atoms with Crippen molar-refractivity contribution >= 4 is 58.6 Å². The van der Waals surface area contributed by atoms with Gasteiger partial charge in [-0.25, -0.2) is 0 Å². The van der Waals surface area contributed by atoms with Crippen molar-refractivity contribution in [3.63, 3.8) is 0 Å². The minimum Gasteiger partial charge on any atom is -0.325 e. The number of hydrogen-bond acceptors (Lipinski definition) is 8. The van der Waals surface area contributed by atoms with Crippen LogP contribution in [0, 0.1) is 0 Å². The largest absolute Gasteiger partial charge is 0.325 e. The van der Waals surface area contributed by atoms with E-state index >= 15 is 0 Å². The second-order valence-corrected chi connectivity index (χ2v) is 10.7. The van der Waals surface area contributed by atoms with E-state index in [-0.39, 0.29) is 38.8 Å². The van der Waals surface area contributed by atoms with Crippen LogP contribution in [0.5, 0.6) is 0 Å². The van der Waals surface area contributed by atoms with Crippen LogP contribution in [0.3, 0.4) is 0 Å². The Balaban J connectivity index is 1.10. The summed E-state index contributed by atoms with van der Waals surface area (Å²) in [4.78, 5) is 102. The molecule has 220 valence electrons. The van der Waals surface area contributed by atoms with Crippen molar-refractivity contribution in [2.75, 3.05) is 10.6 Å². The Hall–Kier alpha value is -5.40. The number of piperidine rings is 2. The van der Waals surface area contributed by atoms with Crippen molar-refractivity contribution in [1.29, 1.82) is 0 Å². The van der Waals surface area contributed by atoms with Gasteiger partial charge in [-0.2, -0.15) is 0 Å². The monoisotopic (exact) mass is 586 g/mol. The van der Waals surface area contributed by atoms with E-state index < -0.39 is 65.8 Å². The molecule has 0 radical (unpaired) electrons. The lowest BCUT2D eigenvalue weighted by atomic mass is 10.0. The van der Waals surface area contributed by atoms with E-state index in [9.17, 15) is 38.4 Å². The number of fused-ring (bicyclic) bond motifs is 2. The summed E-state index contributed by atoms with van der Waals surface area (Å²) in [5.41, 5.74) is 2.28. The molecule has 2 fully saturated rings. The molecule has 0 aliphatic carbocycles. The van der Waals surface area contributed by atoms with E-state index in [1.54, 1.807) is 36.4 Å². The Morgan fingerprint density at radius 3 is 1.49 bits per heavy atom. The number of nitrogens with one attached hydrogen (secondary N) is 4. The number of carbonyl (C=O) groups excluding carboxylic acids is 8. The van der Waals surface area contributed by atoms with Crippen LogP contribution in [0.25, 0.3) is 0 Å². The average Bonchev–Trinajstić information content (AvgIpc) is 3.47. The second kappa shape index (κ2) is 10.8. The minimum absolute atomic E-state index is 0.0525. The summed E-state index contributed by atoms with van der Waals surface area (Å²) in [5, 5.41) is 9.83. The molecule has 14 nitrogen and oxygen atoms in total. The summed E-state index contributed by atoms with van der Waals surface area (Å²) in [6, 6.07) is 7.90. The average molecular weight is 587 g/mol. The predicted molar refractivity (Wildman–Crippen MR) is 147 cm³/mol. The Labute approximate surface area is 244 Å². The molecule has 4 aliphatic heterocycles.